The molecule has 0 spiro atoms. The maximum atomic E-state index is 12.3. The van der Waals surface area contributed by atoms with Crippen LogP contribution in [0.4, 0.5) is 13.2 Å². The van der Waals surface area contributed by atoms with E-state index in [9.17, 15) is 13.2 Å². The van der Waals surface area contributed by atoms with Crippen molar-refractivity contribution in [2.75, 3.05) is 13.2 Å². The maximum Gasteiger partial charge on any atom is 0.415 e. The summed E-state index contributed by atoms with van der Waals surface area (Å²) in [6.45, 7) is -0.294. The zero-order chi connectivity index (χ0) is 11.3. The molecular formula is C10H18F3NO. The van der Waals surface area contributed by atoms with Gasteiger partial charge in [-0.3, -0.25) is 0 Å². The highest BCUT2D eigenvalue weighted by Crippen LogP contribution is 2.27. The third kappa shape index (κ3) is 4.38. The fourth-order valence-electron chi connectivity index (χ4n) is 1.90. The number of hydrogen-bond donors (Lipinski definition) is 1. The quantitative estimate of drug-likeness (QED) is 0.797. The normalized spacial score (nSPS) is 21.6. The van der Waals surface area contributed by atoms with E-state index < -0.39 is 18.8 Å². The first kappa shape index (κ1) is 12.8. The molecule has 90 valence electrons. The summed E-state index contributed by atoms with van der Waals surface area (Å²) in [6, 6.07) is 0. The molecule has 15 heavy (non-hydrogen) atoms. The van der Waals surface area contributed by atoms with Gasteiger partial charge in [0.05, 0.1) is 6.61 Å². The van der Waals surface area contributed by atoms with Crippen molar-refractivity contribution in [2.45, 2.75) is 44.4 Å². The summed E-state index contributed by atoms with van der Waals surface area (Å²) in [4.78, 5) is 0. The molecule has 1 fully saturated rings. The first-order valence-corrected chi connectivity index (χ1v) is 5.42. The van der Waals surface area contributed by atoms with Crippen LogP contribution < -0.4 is 5.73 Å². The number of alkyl halides is 3. The van der Waals surface area contributed by atoms with E-state index in [1.54, 1.807) is 0 Å². The van der Waals surface area contributed by atoms with Crippen LogP contribution in [0.15, 0.2) is 0 Å². The predicted molar refractivity (Wildman–Crippen MR) is 51.4 cm³/mol. The average molecular weight is 225 g/mol. The first-order valence-electron chi connectivity index (χ1n) is 5.42. The van der Waals surface area contributed by atoms with E-state index in [4.69, 9.17) is 10.5 Å². The van der Waals surface area contributed by atoms with E-state index in [1.165, 1.54) is 6.42 Å². The van der Waals surface area contributed by atoms with Gasteiger partial charge in [-0.2, -0.15) is 13.2 Å². The SMILES string of the molecule is NCC(OCC1CCCCC1)C(F)(F)F. The summed E-state index contributed by atoms with van der Waals surface area (Å²) in [5.74, 6) is 0.287. The van der Waals surface area contributed by atoms with Crippen molar-refractivity contribution in [2.24, 2.45) is 11.7 Å². The van der Waals surface area contributed by atoms with Gasteiger partial charge in [-0.25, -0.2) is 0 Å². The molecule has 2 nitrogen and oxygen atoms in total. The van der Waals surface area contributed by atoms with Crippen LogP contribution in [-0.4, -0.2) is 25.4 Å². The van der Waals surface area contributed by atoms with Crippen LogP contribution in [-0.2, 0) is 4.74 Å². The molecule has 1 unspecified atom stereocenters. The van der Waals surface area contributed by atoms with E-state index in [-0.39, 0.29) is 12.5 Å². The highest BCUT2D eigenvalue weighted by Gasteiger charge is 2.39. The summed E-state index contributed by atoms with van der Waals surface area (Å²) >= 11 is 0. The molecule has 0 bridgehead atoms. The largest absolute Gasteiger partial charge is 0.415 e. The Kier molecular flexibility index (Phi) is 4.86. The zero-order valence-corrected chi connectivity index (χ0v) is 8.72. The smallest absolute Gasteiger partial charge is 0.367 e. The van der Waals surface area contributed by atoms with Crippen molar-refractivity contribution in [3.05, 3.63) is 0 Å². The van der Waals surface area contributed by atoms with Gasteiger partial charge in [-0.1, -0.05) is 19.3 Å². The molecule has 2 N–H and O–H groups in total. The van der Waals surface area contributed by atoms with E-state index in [0.29, 0.717) is 0 Å². The minimum Gasteiger partial charge on any atom is -0.367 e. The van der Waals surface area contributed by atoms with E-state index >= 15 is 0 Å². The molecule has 1 aliphatic carbocycles. The molecule has 1 saturated carbocycles. The molecule has 5 heteroatoms. The fraction of sp³-hybridized carbons (Fsp3) is 1.00. The number of rotatable bonds is 4. The summed E-state index contributed by atoms with van der Waals surface area (Å²) in [5.41, 5.74) is 5.03. The summed E-state index contributed by atoms with van der Waals surface area (Å²) in [7, 11) is 0. The Morgan fingerprint density at radius 3 is 2.27 bits per heavy atom. The first-order chi connectivity index (χ1) is 7.04. The maximum absolute atomic E-state index is 12.3. The molecule has 0 saturated heterocycles. The Balaban J connectivity index is 2.27. The minimum atomic E-state index is -4.33. The van der Waals surface area contributed by atoms with Crippen LogP contribution in [0, 0.1) is 5.92 Å². The molecule has 0 aliphatic heterocycles. The van der Waals surface area contributed by atoms with Crippen molar-refractivity contribution in [3.63, 3.8) is 0 Å². The van der Waals surface area contributed by atoms with Gasteiger partial charge in [0.15, 0.2) is 6.10 Å². The summed E-state index contributed by atoms with van der Waals surface area (Å²) in [6.07, 6.45) is -0.760. The van der Waals surface area contributed by atoms with Crippen LogP contribution in [0.3, 0.4) is 0 Å². The van der Waals surface area contributed by atoms with Crippen LogP contribution in [0.1, 0.15) is 32.1 Å². The van der Waals surface area contributed by atoms with E-state index in [2.05, 4.69) is 0 Å². The highest BCUT2D eigenvalue weighted by molar-refractivity contribution is 4.71. The number of halogens is 3. The van der Waals surface area contributed by atoms with Gasteiger partial charge in [0, 0.05) is 6.54 Å². The van der Waals surface area contributed by atoms with E-state index in [0.717, 1.165) is 25.7 Å². The zero-order valence-electron chi connectivity index (χ0n) is 8.72. The van der Waals surface area contributed by atoms with Gasteiger partial charge >= 0.3 is 6.18 Å². The second kappa shape index (κ2) is 5.70. The Labute approximate surface area is 88.0 Å². The van der Waals surface area contributed by atoms with Crippen molar-refractivity contribution >= 4 is 0 Å². The van der Waals surface area contributed by atoms with Gasteiger partial charge in [0.2, 0.25) is 0 Å². The lowest BCUT2D eigenvalue weighted by molar-refractivity contribution is -0.220. The van der Waals surface area contributed by atoms with Gasteiger partial charge < -0.3 is 10.5 Å². The van der Waals surface area contributed by atoms with Crippen LogP contribution in [0.5, 0.6) is 0 Å². The summed E-state index contributed by atoms with van der Waals surface area (Å²) in [5, 5.41) is 0. The molecule has 0 heterocycles. The third-order valence-electron chi connectivity index (χ3n) is 2.84. The van der Waals surface area contributed by atoms with Crippen molar-refractivity contribution < 1.29 is 17.9 Å². The van der Waals surface area contributed by atoms with Gasteiger partial charge in [-0.05, 0) is 18.8 Å². The third-order valence-corrected chi connectivity index (χ3v) is 2.84. The van der Waals surface area contributed by atoms with E-state index in [1.807, 2.05) is 0 Å². The topological polar surface area (TPSA) is 35.2 Å². The molecule has 0 amide bonds. The number of ether oxygens (including phenoxy) is 1. The Bertz CT molecular complexity index is 178. The molecule has 0 aromatic rings. The average Bonchev–Trinajstić information content (AvgIpc) is 2.18. The molecule has 1 rings (SSSR count). The van der Waals surface area contributed by atoms with Crippen molar-refractivity contribution in [3.8, 4) is 0 Å². The molecule has 0 aromatic heterocycles. The van der Waals surface area contributed by atoms with Crippen molar-refractivity contribution in [1.29, 1.82) is 0 Å². The monoisotopic (exact) mass is 225 g/mol. The molecule has 1 aliphatic rings. The molecule has 0 radical (unpaired) electrons. The molecule has 1 atom stereocenters. The summed E-state index contributed by atoms with van der Waals surface area (Å²) < 4.78 is 41.7. The van der Waals surface area contributed by atoms with Crippen LogP contribution in [0.25, 0.3) is 0 Å². The predicted octanol–water partition coefficient (Wildman–Crippen LogP) is 2.47. The Hall–Kier alpha value is -0.290. The Morgan fingerprint density at radius 2 is 1.80 bits per heavy atom. The lowest BCUT2D eigenvalue weighted by atomic mass is 9.90. The van der Waals surface area contributed by atoms with Crippen molar-refractivity contribution in [1.82, 2.24) is 0 Å². The second-order valence-electron chi connectivity index (χ2n) is 4.10. The van der Waals surface area contributed by atoms with Gasteiger partial charge in [0.1, 0.15) is 0 Å². The Morgan fingerprint density at radius 1 is 1.20 bits per heavy atom. The highest BCUT2D eigenvalue weighted by atomic mass is 19.4. The lowest BCUT2D eigenvalue weighted by Gasteiger charge is -2.25. The van der Waals surface area contributed by atoms with Gasteiger partial charge in [0.25, 0.3) is 0 Å². The molecule has 0 aromatic carbocycles. The number of nitrogens with two attached hydrogens (primary N) is 1. The standard InChI is InChI=1S/C10H18F3NO/c11-10(12,13)9(6-14)15-7-8-4-2-1-3-5-8/h8-9H,1-7,14H2. The number of hydrogen-bond acceptors (Lipinski definition) is 2. The second-order valence-corrected chi connectivity index (χ2v) is 4.10. The molecular weight excluding hydrogens is 207 g/mol. The van der Waals surface area contributed by atoms with Gasteiger partial charge in [-0.15, -0.1) is 0 Å². The lowest BCUT2D eigenvalue weighted by Crippen LogP contribution is -2.39. The minimum absolute atomic E-state index is 0.196. The van der Waals surface area contributed by atoms with Crippen LogP contribution in [0.2, 0.25) is 0 Å². The van der Waals surface area contributed by atoms with Crippen LogP contribution >= 0.6 is 0 Å². The fourth-order valence-corrected chi connectivity index (χ4v) is 1.90.